The topological polar surface area (TPSA) is 50.8 Å². The van der Waals surface area contributed by atoms with Gasteiger partial charge in [0, 0.05) is 26.2 Å². The van der Waals surface area contributed by atoms with Crippen molar-refractivity contribution in [2.75, 3.05) is 40.4 Å². The number of nitrogens with zero attached hydrogens (tertiary/aromatic N) is 1. The SMILES string of the molecule is CCOC1CCN(CCC(C)(NC)C(=O)OC)CC1. The van der Waals surface area contributed by atoms with Gasteiger partial charge < -0.3 is 19.7 Å². The first-order valence-corrected chi connectivity index (χ1v) is 7.17. The minimum absolute atomic E-state index is 0.195. The Balaban J connectivity index is 2.35. The third-order valence-electron chi connectivity index (χ3n) is 4.05. The van der Waals surface area contributed by atoms with Crippen molar-refractivity contribution >= 4 is 5.97 Å². The first kappa shape index (κ1) is 16.4. The molecule has 0 amide bonds. The highest BCUT2D eigenvalue weighted by atomic mass is 16.5. The summed E-state index contributed by atoms with van der Waals surface area (Å²) in [5, 5.41) is 3.07. The smallest absolute Gasteiger partial charge is 0.325 e. The van der Waals surface area contributed by atoms with Crippen LogP contribution in [-0.4, -0.2) is 62.9 Å². The van der Waals surface area contributed by atoms with Crippen LogP contribution in [0.2, 0.25) is 0 Å². The second kappa shape index (κ2) is 7.82. The van der Waals surface area contributed by atoms with Crippen LogP contribution in [0, 0.1) is 0 Å². The number of carbonyl (C=O) groups excluding carboxylic acids is 1. The van der Waals surface area contributed by atoms with Crippen molar-refractivity contribution < 1.29 is 14.3 Å². The van der Waals surface area contributed by atoms with E-state index in [0.717, 1.165) is 45.5 Å². The number of nitrogens with one attached hydrogen (secondary N) is 1. The first-order valence-electron chi connectivity index (χ1n) is 7.17. The van der Waals surface area contributed by atoms with Crippen molar-refractivity contribution in [3.8, 4) is 0 Å². The van der Waals surface area contributed by atoms with Crippen LogP contribution in [0.25, 0.3) is 0 Å². The molecule has 0 spiro atoms. The van der Waals surface area contributed by atoms with E-state index in [1.54, 1.807) is 7.05 Å². The fourth-order valence-electron chi connectivity index (χ4n) is 2.47. The molecular weight excluding hydrogens is 244 g/mol. The average molecular weight is 272 g/mol. The lowest BCUT2D eigenvalue weighted by Gasteiger charge is -2.34. The highest BCUT2D eigenvalue weighted by Gasteiger charge is 2.33. The lowest BCUT2D eigenvalue weighted by Crippen LogP contribution is -2.51. The number of likely N-dealkylation sites (N-methyl/N-ethyl adjacent to an activating group) is 1. The zero-order valence-electron chi connectivity index (χ0n) is 12.7. The average Bonchev–Trinajstić information content (AvgIpc) is 2.45. The Morgan fingerprint density at radius 3 is 2.53 bits per heavy atom. The van der Waals surface area contributed by atoms with Crippen molar-refractivity contribution in [1.82, 2.24) is 10.2 Å². The van der Waals surface area contributed by atoms with Gasteiger partial charge in [-0.05, 0) is 40.2 Å². The normalized spacial score (nSPS) is 21.1. The number of rotatable bonds is 7. The van der Waals surface area contributed by atoms with Gasteiger partial charge in [-0.25, -0.2) is 0 Å². The Morgan fingerprint density at radius 1 is 1.42 bits per heavy atom. The molecule has 1 saturated heterocycles. The van der Waals surface area contributed by atoms with Crippen LogP contribution < -0.4 is 5.32 Å². The monoisotopic (exact) mass is 272 g/mol. The van der Waals surface area contributed by atoms with Crippen molar-refractivity contribution in [3.63, 3.8) is 0 Å². The molecule has 1 fully saturated rings. The van der Waals surface area contributed by atoms with Crippen LogP contribution in [0.5, 0.6) is 0 Å². The van der Waals surface area contributed by atoms with E-state index in [4.69, 9.17) is 9.47 Å². The van der Waals surface area contributed by atoms with Crippen molar-refractivity contribution in [1.29, 1.82) is 0 Å². The van der Waals surface area contributed by atoms with Gasteiger partial charge >= 0.3 is 5.97 Å². The number of piperidine rings is 1. The molecule has 1 heterocycles. The van der Waals surface area contributed by atoms with Gasteiger partial charge in [-0.15, -0.1) is 0 Å². The summed E-state index contributed by atoms with van der Waals surface area (Å²) in [5.41, 5.74) is -0.592. The maximum Gasteiger partial charge on any atom is 0.325 e. The number of hydrogen-bond acceptors (Lipinski definition) is 5. The Bertz CT molecular complexity index is 278. The van der Waals surface area contributed by atoms with Crippen LogP contribution in [0.15, 0.2) is 0 Å². The number of ether oxygens (including phenoxy) is 2. The molecule has 1 unspecified atom stereocenters. The van der Waals surface area contributed by atoms with Gasteiger partial charge in [-0.3, -0.25) is 4.79 Å². The van der Waals surface area contributed by atoms with Gasteiger partial charge in [-0.1, -0.05) is 0 Å². The van der Waals surface area contributed by atoms with Crippen LogP contribution >= 0.6 is 0 Å². The summed E-state index contributed by atoms with van der Waals surface area (Å²) in [6, 6.07) is 0. The highest BCUT2D eigenvalue weighted by molar-refractivity contribution is 5.80. The fraction of sp³-hybridized carbons (Fsp3) is 0.929. The molecule has 1 N–H and O–H groups in total. The molecule has 0 saturated carbocycles. The van der Waals surface area contributed by atoms with Gasteiger partial charge in [0.15, 0.2) is 0 Å². The molecule has 0 aromatic rings. The van der Waals surface area contributed by atoms with E-state index >= 15 is 0 Å². The van der Waals surface area contributed by atoms with Crippen LogP contribution in [0.4, 0.5) is 0 Å². The molecule has 0 aromatic heterocycles. The lowest BCUT2D eigenvalue weighted by molar-refractivity contribution is -0.148. The number of likely N-dealkylation sites (tertiary alicyclic amines) is 1. The van der Waals surface area contributed by atoms with Crippen LogP contribution in [0.1, 0.15) is 33.1 Å². The lowest BCUT2D eigenvalue weighted by atomic mass is 9.97. The number of carbonyl (C=O) groups is 1. The summed E-state index contributed by atoms with van der Waals surface area (Å²) in [7, 11) is 3.24. The molecule has 1 atom stereocenters. The molecule has 112 valence electrons. The molecule has 5 nitrogen and oxygen atoms in total. The fourth-order valence-corrected chi connectivity index (χ4v) is 2.47. The Hall–Kier alpha value is -0.650. The Kier molecular flexibility index (Phi) is 6.75. The first-order chi connectivity index (χ1) is 9.05. The van der Waals surface area contributed by atoms with Crippen LogP contribution in [0.3, 0.4) is 0 Å². The summed E-state index contributed by atoms with van der Waals surface area (Å²) in [6.45, 7) is 7.74. The molecule has 0 radical (unpaired) electrons. The van der Waals surface area contributed by atoms with E-state index in [1.807, 2.05) is 13.8 Å². The second-order valence-corrected chi connectivity index (χ2v) is 5.32. The molecule has 19 heavy (non-hydrogen) atoms. The predicted molar refractivity (Wildman–Crippen MR) is 75.2 cm³/mol. The molecule has 0 aromatic carbocycles. The van der Waals surface area contributed by atoms with Gasteiger partial charge in [0.25, 0.3) is 0 Å². The van der Waals surface area contributed by atoms with E-state index in [2.05, 4.69) is 10.2 Å². The van der Waals surface area contributed by atoms with Gasteiger partial charge in [0.1, 0.15) is 5.54 Å². The molecule has 1 aliphatic rings. The van der Waals surface area contributed by atoms with Crippen molar-refractivity contribution in [3.05, 3.63) is 0 Å². The quantitative estimate of drug-likeness (QED) is 0.702. The standard InChI is InChI=1S/C14H28N2O3/c1-5-19-12-6-9-16(10-7-12)11-8-14(2,15-3)13(17)18-4/h12,15H,5-11H2,1-4H3. The zero-order chi connectivity index (χ0) is 14.3. The minimum Gasteiger partial charge on any atom is -0.468 e. The van der Waals surface area contributed by atoms with Crippen molar-refractivity contribution in [2.45, 2.75) is 44.8 Å². The molecular formula is C14H28N2O3. The third kappa shape index (κ3) is 4.75. The summed E-state index contributed by atoms with van der Waals surface area (Å²) < 4.78 is 10.5. The number of methoxy groups -OCH3 is 1. The minimum atomic E-state index is -0.592. The number of hydrogen-bond donors (Lipinski definition) is 1. The molecule has 1 aliphatic heterocycles. The van der Waals surface area contributed by atoms with Gasteiger partial charge in [0.05, 0.1) is 13.2 Å². The van der Waals surface area contributed by atoms with E-state index in [-0.39, 0.29) is 5.97 Å². The summed E-state index contributed by atoms with van der Waals surface area (Å²) in [5.74, 6) is -0.195. The molecule has 0 bridgehead atoms. The summed E-state index contributed by atoms with van der Waals surface area (Å²) in [6.07, 6.45) is 3.35. The van der Waals surface area contributed by atoms with Crippen molar-refractivity contribution in [2.24, 2.45) is 0 Å². The highest BCUT2D eigenvalue weighted by Crippen LogP contribution is 2.17. The molecule has 0 aliphatic carbocycles. The Morgan fingerprint density at radius 2 is 2.05 bits per heavy atom. The van der Waals surface area contributed by atoms with E-state index < -0.39 is 5.54 Å². The maximum atomic E-state index is 11.8. The van der Waals surface area contributed by atoms with E-state index in [9.17, 15) is 4.79 Å². The Labute approximate surface area is 116 Å². The summed E-state index contributed by atoms with van der Waals surface area (Å²) in [4.78, 5) is 14.1. The largest absolute Gasteiger partial charge is 0.468 e. The molecule has 1 rings (SSSR count). The van der Waals surface area contributed by atoms with Gasteiger partial charge in [-0.2, -0.15) is 0 Å². The van der Waals surface area contributed by atoms with Crippen LogP contribution in [-0.2, 0) is 14.3 Å². The number of esters is 1. The maximum absolute atomic E-state index is 11.8. The predicted octanol–water partition coefficient (Wildman–Crippen LogP) is 1.03. The van der Waals surface area contributed by atoms with E-state index in [0.29, 0.717) is 6.10 Å². The zero-order valence-corrected chi connectivity index (χ0v) is 12.7. The van der Waals surface area contributed by atoms with E-state index in [1.165, 1.54) is 7.11 Å². The van der Waals surface area contributed by atoms with Gasteiger partial charge in [0.2, 0.25) is 0 Å². The summed E-state index contributed by atoms with van der Waals surface area (Å²) >= 11 is 0. The molecule has 5 heteroatoms. The third-order valence-corrected chi connectivity index (χ3v) is 4.05. The second-order valence-electron chi connectivity index (χ2n) is 5.32.